The standard InChI is InChI=1S/C26H32FN5O3/c1-30-11-13-31(14-12-30)24-16-20(4-6-25(24)34-2)29-26(33)35-32-9-7-18(8-10-32)22-17-28-23-5-3-19(27)15-21(22)23/h3-6,15-18,28H,7-14H2,1-2H3,(H,29,33). The minimum atomic E-state index is -0.507. The van der Waals surface area contributed by atoms with Crippen molar-refractivity contribution >= 4 is 28.4 Å². The second-order valence-corrected chi connectivity index (χ2v) is 9.32. The fourth-order valence-corrected chi connectivity index (χ4v) is 5.03. The van der Waals surface area contributed by atoms with Gasteiger partial charge in [0.2, 0.25) is 0 Å². The first kappa shape index (κ1) is 23.4. The minimum absolute atomic E-state index is 0.231. The van der Waals surface area contributed by atoms with Gasteiger partial charge in [0.25, 0.3) is 0 Å². The van der Waals surface area contributed by atoms with E-state index < -0.39 is 6.09 Å². The number of piperidine rings is 1. The molecule has 0 atom stereocenters. The summed E-state index contributed by atoms with van der Waals surface area (Å²) >= 11 is 0. The van der Waals surface area contributed by atoms with Crippen molar-refractivity contribution < 1.29 is 18.8 Å². The van der Waals surface area contributed by atoms with E-state index in [2.05, 4.69) is 27.1 Å². The van der Waals surface area contributed by atoms with Crippen molar-refractivity contribution in [3.05, 3.63) is 54.0 Å². The van der Waals surface area contributed by atoms with E-state index in [0.717, 1.165) is 66.9 Å². The van der Waals surface area contributed by atoms with E-state index in [-0.39, 0.29) is 5.82 Å². The Morgan fingerprint density at radius 2 is 1.83 bits per heavy atom. The number of fused-ring (bicyclic) bond motifs is 1. The van der Waals surface area contributed by atoms with Crippen LogP contribution in [0.15, 0.2) is 42.6 Å². The molecule has 5 rings (SSSR count). The highest BCUT2D eigenvalue weighted by Gasteiger charge is 2.25. The zero-order chi connectivity index (χ0) is 24.4. The lowest BCUT2D eigenvalue weighted by molar-refractivity contribution is -0.108. The van der Waals surface area contributed by atoms with Crippen LogP contribution in [0.3, 0.4) is 0 Å². The number of rotatable bonds is 5. The molecule has 0 radical (unpaired) electrons. The summed E-state index contributed by atoms with van der Waals surface area (Å²) in [5.74, 6) is 0.846. The Labute approximate surface area is 204 Å². The molecule has 0 aliphatic carbocycles. The van der Waals surface area contributed by atoms with Crippen molar-refractivity contribution in [1.82, 2.24) is 14.9 Å². The Kier molecular flexibility index (Phi) is 6.79. The van der Waals surface area contributed by atoms with Crippen molar-refractivity contribution in [2.75, 3.05) is 63.6 Å². The number of piperazine rings is 1. The largest absolute Gasteiger partial charge is 0.495 e. The van der Waals surface area contributed by atoms with Crippen molar-refractivity contribution in [2.24, 2.45) is 0 Å². The Morgan fingerprint density at radius 1 is 1.06 bits per heavy atom. The van der Waals surface area contributed by atoms with Gasteiger partial charge >= 0.3 is 6.09 Å². The number of anilines is 2. The Bertz CT molecular complexity index is 1180. The fourth-order valence-electron chi connectivity index (χ4n) is 5.03. The molecule has 2 aromatic carbocycles. The predicted octanol–water partition coefficient (Wildman–Crippen LogP) is 4.41. The summed E-state index contributed by atoms with van der Waals surface area (Å²) in [4.78, 5) is 26.0. The van der Waals surface area contributed by atoms with Crippen LogP contribution in [-0.2, 0) is 4.84 Å². The Hall–Kier alpha value is -3.30. The summed E-state index contributed by atoms with van der Waals surface area (Å²) < 4.78 is 19.3. The number of likely N-dealkylation sites (N-methyl/N-ethyl adjacent to an activating group) is 1. The van der Waals surface area contributed by atoms with Gasteiger partial charge in [-0.05, 0) is 67.8 Å². The van der Waals surface area contributed by atoms with E-state index in [1.165, 1.54) is 6.07 Å². The number of aromatic nitrogens is 1. The summed E-state index contributed by atoms with van der Waals surface area (Å²) in [6, 6.07) is 10.5. The second-order valence-electron chi connectivity index (χ2n) is 9.32. The number of halogens is 1. The molecule has 8 nitrogen and oxygen atoms in total. The van der Waals surface area contributed by atoms with Gasteiger partial charge in [0.1, 0.15) is 11.6 Å². The summed E-state index contributed by atoms with van der Waals surface area (Å²) in [6.45, 7) is 5.00. The van der Waals surface area contributed by atoms with Crippen molar-refractivity contribution in [3.8, 4) is 5.75 Å². The van der Waals surface area contributed by atoms with Crippen molar-refractivity contribution in [2.45, 2.75) is 18.8 Å². The average Bonchev–Trinajstić information content (AvgIpc) is 3.28. The first-order chi connectivity index (χ1) is 17.0. The number of nitrogens with one attached hydrogen (secondary N) is 2. The number of amides is 1. The van der Waals surface area contributed by atoms with Crippen LogP contribution in [0.2, 0.25) is 0 Å². The maximum absolute atomic E-state index is 13.7. The highest BCUT2D eigenvalue weighted by atomic mass is 19.1. The molecule has 0 unspecified atom stereocenters. The van der Waals surface area contributed by atoms with Crippen molar-refractivity contribution in [1.29, 1.82) is 0 Å². The van der Waals surface area contributed by atoms with E-state index in [1.54, 1.807) is 24.3 Å². The number of hydroxylamine groups is 2. The maximum atomic E-state index is 13.7. The predicted molar refractivity (Wildman–Crippen MR) is 135 cm³/mol. The van der Waals surface area contributed by atoms with Gasteiger partial charge < -0.3 is 24.4 Å². The molecule has 2 N–H and O–H groups in total. The molecule has 1 aromatic heterocycles. The molecular formula is C26H32FN5O3. The molecule has 0 spiro atoms. The third-order valence-corrected chi connectivity index (χ3v) is 7.05. The number of benzene rings is 2. The molecule has 1 amide bonds. The molecule has 3 aromatic rings. The number of aromatic amines is 1. The van der Waals surface area contributed by atoms with Crippen LogP contribution in [0.4, 0.5) is 20.6 Å². The summed E-state index contributed by atoms with van der Waals surface area (Å²) in [6.07, 6.45) is 3.12. The van der Waals surface area contributed by atoms with Crippen LogP contribution >= 0.6 is 0 Å². The van der Waals surface area contributed by atoms with Gasteiger partial charge in [-0.2, -0.15) is 0 Å². The molecule has 9 heteroatoms. The summed E-state index contributed by atoms with van der Waals surface area (Å²) in [7, 11) is 3.78. The van der Waals surface area contributed by atoms with Crippen LogP contribution in [-0.4, -0.2) is 74.5 Å². The van der Waals surface area contributed by atoms with Crippen LogP contribution in [0.1, 0.15) is 24.3 Å². The van der Waals surface area contributed by atoms with Crippen LogP contribution in [0, 0.1) is 5.82 Å². The van der Waals surface area contributed by atoms with Crippen molar-refractivity contribution in [3.63, 3.8) is 0 Å². The first-order valence-electron chi connectivity index (χ1n) is 12.1. The zero-order valence-corrected chi connectivity index (χ0v) is 20.2. The molecule has 2 aliphatic heterocycles. The lowest BCUT2D eigenvalue weighted by Crippen LogP contribution is -2.44. The number of ether oxygens (including phenoxy) is 1. The molecule has 3 heterocycles. The average molecular weight is 482 g/mol. The van der Waals surface area contributed by atoms with Gasteiger partial charge in [-0.1, -0.05) is 0 Å². The second kappa shape index (κ2) is 10.1. The molecular weight excluding hydrogens is 449 g/mol. The lowest BCUT2D eigenvalue weighted by Gasteiger charge is -2.35. The van der Waals surface area contributed by atoms with E-state index in [4.69, 9.17) is 9.57 Å². The van der Waals surface area contributed by atoms with E-state index >= 15 is 0 Å². The summed E-state index contributed by atoms with van der Waals surface area (Å²) in [5, 5.41) is 5.48. The van der Waals surface area contributed by atoms with Gasteiger partial charge in [-0.15, -0.1) is 5.06 Å². The highest BCUT2D eigenvalue weighted by molar-refractivity contribution is 5.86. The molecule has 35 heavy (non-hydrogen) atoms. The lowest BCUT2D eigenvalue weighted by atomic mass is 9.90. The van der Waals surface area contributed by atoms with Crippen LogP contribution < -0.4 is 15.0 Å². The number of hydrogen-bond acceptors (Lipinski definition) is 6. The monoisotopic (exact) mass is 481 g/mol. The Balaban J connectivity index is 1.17. The third kappa shape index (κ3) is 5.21. The van der Waals surface area contributed by atoms with Gasteiger partial charge in [-0.3, -0.25) is 5.32 Å². The first-order valence-corrected chi connectivity index (χ1v) is 12.1. The Morgan fingerprint density at radius 3 is 2.57 bits per heavy atom. The van der Waals surface area contributed by atoms with Gasteiger partial charge in [-0.25, -0.2) is 9.18 Å². The van der Waals surface area contributed by atoms with Crippen LogP contribution in [0.5, 0.6) is 5.75 Å². The molecule has 2 aliphatic rings. The van der Waals surface area contributed by atoms with E-state index in [0.29, 0.717) is 24.7 Å². The van der Waals surface area contributed by atoms with E-state index in [9.17, 15) is 9.18 Å². The highest BCUT2D eigenvalue weighted by Crippen LogP contribution is 2.34. The molecule has 2 fully saturated rings. The molecule has 186 valence electrons. The number of carbonyl (C=O) groups excluding carboxylic acids is 1. The number of H-pyrrole nitrogens is 1. The van der Waals surface area contributed by atoms with Gasteiger partial charge in [0.15, 0.2) is 0 Å². The molecule has 0 saturated carbocycles. The zero-order valence-electron chi connectivity index (χ0n) is 20.2. The number of nitrogens with zero attached hydrogens (tertiary/aromatic N) is 3. The van der Waals surface area contributed by atoms with E-state index in [1.807, 2.05) is 24.4 Å². The van der Waals surface area contributed by atoms with Crippen LogP contribution in [0.25, 0.3) is 10.9 Å². The van der Waals surface area contributed by atoms with Gasteiger partial charge in [0.05, 0.1) is 12.8 Å². The third-order valence-electron chi connectivity index (χ3n) is 7.05. The smallest absolute Gasteiger partial charge is 0.430 e. The number of hydrogen-bond donors (Lipinski definition) is 2. The van der Waals surface area contributed by atoms with Gasteiger partial charge in [0, 0.05) is 62.1 Å². The summed E-state index contributed by atoms with van der Waals surface area (Å²) in [5.41, 5.74) is 3.70. The SMILES string of the molecule is COc1ccc(NC(=O)ON2CCC(c3c[nH]c4ccc(F)cc34)CC2)cc1N1CCN(C)CC1. The fraction of sp³-hybridized carbons (Fsp3) is 0.423. The number of carbonyl (C=O) groups is 1. The molecule has 0 bridgehead atoms. The topological polar surface area (TPSA) is 73.1 Å². The minimum Gasteiger partial charge on any atom is -0.495 e. The number of methoxy groups -OCH3 is 1. The normalized spacial score (nSPS) is 18.1. The molecule has 2 saturated heterocycles. The maximum Gasteiger partial charge on any atom is 0.430 e. The quantitative estimate of drug-likeness (QED) is 0.563.